The number of hydrogen-bond acceptors (Lipinski definition) is 5. The largest absolute Gasteiger partial charge is 0.497 e. The van der Waals surface area contributed by atoms with E-state index in [1.165, 1.54) is 0 Å². The van der Waals surface area contributed by atoms with Gasteiger partial charge in [-0.15, -0.1) is 5.10 Å². The average molecular weight is 425 g/mol. The Balaban J connectivity index is 1.58. The molecule has 0 bridgehead atoms. The molecule has 0 radical (unpaired) electrons. The number of sulfonamides is 1. The van der Waals surface area contributed by atoms with Crippen molar-refractivity contribution in [3.63, 3.8) is 0 Å². The number of fused-ring (bicyclic) bond motifs is 3. The molecule has 156 valence electrons. The van der Waals surface area contributed by atoms with Crippen molar-refractivity contribution in [2.24, 2.45) is 0 Å². The maximum absolute atomic E-state index is 13.6. The van der Waals surface area contributed by atoms with Gasteiger partial charge in [-0.2, -0.15) is 4.31 Å². The molecule has 0 amide bonds. The third kappa shape index (κ3) is 3.02. The molecule has 1 fully saturated rings. The maximum Gasteiger partial charge on any atom is 0.243 e. The molecule has 7 nitrogen and oxygen atoms in total. The van der Waals surface area contributed by atoms with E-state index in [1.54, 1.807) is 23.5 Å². The fourth-order valence-electron chi connectivity index (χ4n) is 4.62. The van der Waals surface area contributed by atoms with E-state index >= 15 is 0 Å². The van der Waals surface area contributed by atoms with Crippen LogP contribution in [0.5, 0.6) is 5.75 Å². The molecule has 0 N–H and O–H groups in total. The summed E-state index contributed by atoms with van der Waals surface area (Å²) in [6, 6.07) is 14.6. The quantitative estimate of drug-likeness (QED) is 0.640. The first-order valence-corrected chi connectivity index (χ1v) is 11.6. The molecular formula is C22H24N4O3S. The van der Waals surface area contributed by atoms with Gasteiger partial charge in [0.15, 0.2) is 0 Å². The van der Waals surface area contributed by atoms with Gasteiger partial charge < -0.3 is 4.74 Å². The molecule has 8 heteroatoms. The van der Waals surface area contributed by atoms with Crippen LogP contribution < -0.4 is 4.74 Å². The zero-order chi connectivity index (χ0) is 20.9. The van der Waals surface area contributed by atoms with Crippen molar-refractivity contribution in [3.8, 4) is 17.0 Å². The second kappa shape index (κ2) is 7.21. The van der Waals surface area contributed by atoms with Crippen molar-refractivity contribution < 1.29 is 13.2 Å². The van der Waals surface area contributed by atoms with Crippen LogP contribution in [0.2, 0.25) is 0 Å². The van der Waals surface area contributed by atoms with E-state index in [9.17, 15) is 8.42 Å². The first-order valence-electron chi connectivity index (χ1n) is 10.2. The van der Waals surface area contributed by atoms with Crippen LogP contribution in [-0.4, -0.2) is 40.9 Å². The highest BCUT2D eigenvalue weighted by atomic mass is 32.2. The summed E-state index contributed by atoms with van der Waals surface area (Å²) in [5.74, 6) is 0.763. The zero-order valence-corrected chi connectivity index (χ0v) is 17.8. The van der Waals surface area contributed by atoms with Gasteiger partial charge in [-0.25, -0.2) is 13.1 Å². The number of aryl methyl sites for hydroxylation is 1. The third-order valence-electron chi connectivity index (χ3n) is 6.22. The van der Waals surface area contributed by atoms with Gasteiger partial charge >= 0.3 is 0 Å². The van der Waals surface area contributed by atoms with Crippen molar-refractivity contribution in [2.45, 2.75) is 49.7 Å². The molecule has 3 aromatic rings. The highest BCUT2D eigenvalue weighted by Gasteiger charge is 2.45. The summed E-state index contributed by atoms with van der Waals surface area (Å²) in [5.41, 5.74) is 3.52. The van der Waals surface area contributed by atoms with Crippen LogP contribution in [0.4, 0.5) is 0 Å². The van der Waals surface area contributed by atoms with Gasteiger partial charge in [0, 0.05) is 11.6 Å². The van der Waals surface area contributed by atoms with Gasteiger partial charge in [-0.3, -0.25) is 0 Å². The molecular weight excluding hydrogens is 400 g/mol. The maximum atomic E-state index is 13.6. The van der Waals surface area contributed by atoms with Crippen molar-refractivity contribution in [3.05, 3.63) is 59.8 Å². The standard InChI is InChI=1S/C22H24N4O3S/c1-15-6-12-18(13-7-15)30(27,28)25-14-21-22(16-8-10-17(29-2)11-9-16)23-24-26(21)20-5-3-4-19(20)25/h6-13,19-20H,3-5,14H2,1-2H3/t19-,20-/m0/s1. The van der Waals surface area contributed by atoms with Crippen LogP contribution in [0.25, 0.3) is 11.3 Å². The normalized spacial score (nSPS) is 21.3. The predicted octanol–water partition coefficient (Wildman–Crippen LogP) is 3.56. The topological polar surface area (TPSA) is 77.3 Å². The fourth-order valence-corrected chi connectivity index (χ4v) is 6.26. The minimum Gasteiger partial charge on any atom is -0.497 e. The Morgan fingerprint density at radius 2 is 1.70 bits per heavy atom. The molecule has 30 heavy (non-hydrogen) atoms. The Bertz CT molecular complexity index is 1170. The number of hydrogen-bond donors (Lipinski definition) is 0. The summed E-state index contributed by atoms with van der Waals surface area (Å²) in [6.45, 7) is 2.22. The minimum absolute atomic E-state index is 0.0217. The van der Waals surface area contributed by atoms with Gasteiger partial charge in [0.1, 0.15) is 11.4 Å². The Kier molecular flexibility index (Phi) is 4.63. The Morgan fingerprint density at radius 3 is 2.40 bits per heavy atom. The highest BCUT2D eigenvalue weighted by molar-refractivity contribution is 7.89. The van der Waals surface area contributed by atoms with E-state index in [2.05, 4.69) is 10.3 Å². The molecule has 2 aliphatic rings. The number of rotatable bonds is 4. The molecule has 1 aliphatic carbocycles. The number of methoxy groups -OCH3 is 1. The molecule has 0 spiro atoms. The molecule has 2 aromatic carbocycles. The lowest BCUT2D eigenvalue weighted by Crippen LogP contribution is -2.47. The van der Waals surface area contributed by atoms with E-state index in [-0.39, 0.29) is 18.6 Å². The smallest absolute Gasteiger partial charge is 0.243 e. The summed E-state index contributed by atoms with van der Waals surface area (Å²) in [5, 5.41) is 8.87. The van der Waals surface area contributed by atoms with Gasteiger partial charge in [-0.1, -0.05) is 22.9 Å². The van der Waals surface area contributed by atoms with E-state index in [0.29, 0.717) is 4.90 Å². The summed E-state index contributed by atoms with van der Waals surface area (Å²) >= 11 is 0. The fraction of sp³-hybridized carbons (Fsp3) is 0.364. The molecule has 1 aromatic heterocycles. The van der Waals surface area contributed by atoms with Gasteiger partial charge in [0.05, 0.1) is 30.3 Å². The Labute approximate surface area is 176 Å². The molecule has 2 atom stereocenters. The van der Waals surface area contributed by atoms with Gasteiger partial charge in [0.2, 0.25) is 10.0 Å². The lowest BCUT2D eigenvalue weighted by atomic mass is 10.1. The molecule has 1 aliphatic heterocycles. The van der Waals surface area contributed by atoms with Crippen LogP contribution in [0.3, 0.4) is 0 Å². The van der Waals surface area contributed by atoms with E-state index < -0.39 is 10.0 Å². The van der Waals surface area contributed by atoms with Crippen molar-refractivity contribution >= 4 is 10.0 Å². The highest BCUT2D eigenvalue weighted by Crippen LogP contribution is 2.43. The molecule has 1 saturated carbocycles. The van der Waals surface area contributed by atoms with Crippen molar-refractivity contribution in [2.75, 3.05) is 7.11 Å². The SMILES string of the molecule is COc1ccc(-c2nnn3c2CN(S(=O)(=O)c2ccc(C)cc2)[C@H]2CCC[C@@H]23)cc1. The van der Waals surface area contributed by atoms with Gasteiger partial charge in [-0.05, 0) is 62.6 Å². The zero-order valence-electron chi connectivity index (χ0n) is 17.0. The number of benzene rings is 2. The molecule has 0 unspecified atom stereocenters. The van der Waals surface area contributed by atoms with Gasteiger partial charge in [0.25, 0.3) is 0 Å². The molecule has 5 rings (SSSR count). The van der Waals surface area contributed by atoms with E-state index in [4.69, 9.17) is 4.74 Å². The first kappa shape index (κ1) is 19.3. The summed E-state index contributed by atoms with van der Waals surface area (Å²) in [4.78, 5) is 0.339. The van der Waals surface area contributed by atoms with E-state index in [0.717, 1.165) is 47.5 Å². The predicted molar refractivity (Wildman–Crippen MR) is 113 cm³/mol. The van der Waals surface area contributed by atoms with Crippen LogP contribution in [-0.2, 0) is 16.6 Å². The lowest BCUT2D eigenvalue weighted by molar-refractivity contribution is 0.201. The van der Waals surface area contributed by atoms with Crippen LogP contribution in [0.1, 0.15) is 36.6 Å². The van der Waals surface area contributed by atoms with E-state index in [1.807, 2.05) is 48.0 Å². The van der Waals surface area contributed by atoms with Crippen LogP contribution in [0, 0.1) is 6.92 Å². The number of aromatic nitrogens is 3. The van der Waals surface area contributed by atoms with Crippen LogP contribution >= 0.6 is 0 Å². The molecule has 2 heterocycles. The minimum atomic E-state index is -3.62. The number of nitrogens with zero attached hydrogens (tertiary/aromatic N) is 4. The molecule has 0 saturated heterocycles. The van der Waals surface area contributed by atoms with Crippen LogP contribution in [0.15, 0.2) is 53.4 Å². The summed E-state index contributed by atoms with van der Waals surface area (Å²) in [6.07, 6.45) is 2.72. The first-order chi connectivity index (χ1) is 14.5. The average Bonchev–Trinajstić information content (AvgIpc) is 3.40. The third-order valence-corrected chi connectivity index (χ3v) is 8.10. The second-order valence-corrected chi connectivity index (χ2v) is 9.88. The Morgan fingerprint density at radius 1 is 1.00 bits per heavy atom. The summed E-state index contributed by atoms with van der Waals surface area (Å²) in [7, 11) is -1.99. The monoisotopic (exact) mass is 424 g/mol. The van der Waals surface area contributed by atoms with Crippen molar-refractivity contribution in [1.29, 1.82) is 0 Å². The summed E-state index contributed by atoms with van der Waals surface area (Å²) < 4.78 is 36.0. The number of ether oxygens (including phenoxy) is 1. The lowest BCUT2D eigenvalue weighted by Gasteiger charge is -2.37. The van der Waals surface area contributed by atoms with Crippen molar-refractivity contribution in [1.82, 2.24) is 19.3 Å². The Hall–Kier alpha value is -2.71. The second-order valence-electron chi connectivity index (χ2n) is 7.99.